The van der Waals surface area contributed by atoms with E-state index in [1.165, 1.54) is 54.5 Å². The molecule has 7 aromatic carbocycles. The van der Waals surface area contributed by atoms with Crippen molar-refractivity contribution in [2.45, 2.75) is 0 Å². The first kappa shape index (κ1) is 21.5. The molecule has 0 amide bonds. The van der Waals surface area contributed by atoms with Gasteiger partial charge in [0.05, 0.1) is 16.1 Å². The number of hydrogen-bond donors (Lipinski definition) is 0. The highest BCUT2D eigenvalue weighted by Gasteiger charge is 2.18. The van der Waals surface area contributed by atoms with Crippen LogP contribution >= 0.6 is 11.6 Å². The molecule has 0 radical (unpaired) electrons. The van der Waals surface area contributed by atoms with E-state index in [0.29, 0.717) is 0 Å². The summed E-state index contributed by atoms with van der Waals surface area (Å²) < 4.78 is 2.36. The Bertz CT molecular complexity index is 2200. The quantitative estimate of drug-likeness (QED) is 0.221. The molecule has 0 N–H and O–H groups in total. The maximum absolute atomic E-state index is 6.82. The highest BCUT2D eigenvalue weighted by atomic mass is 35.5. The summed E-state index contributed by atoms with van der Waals surface area (Å²) >= 11 is 6.82. The Morgan fingerprint density at radius 2 is 1.08 bits per heavy atom. The Balaban J connectivity index is 1.54. The smallest absolute Gasteiger partial charge is 0.0547 e. The summed E-state index contributed by atoms with van der Waals surface area (Å²) in [6.07, 6.45) is 0. The molecule has 0 aliphatic carbocycles. The van der Waals surface area contributed by atoms with Gasteiger partial charge in [0.2, 0.25) is 0 Å². The van der Waals surface area contributed by atoms with Crippen molar-refractivity contribution in [2.24, 2.45) is 0 Å². The third-order valence-corrected chi connectivity index (χ3v) is 8.13. The Labute approximate surface area is 225 Å². The number of halogens is 1. The summed E-state index contributed by atoms with van der Waals surface area (Å²) in [5.41, 5.74) is 5.94. The molecular weight excluding hydrogens is 482 g/mol. The van der Waals surface area contributed by atoms with E-state index in [1.54, 1.807) is 0 Å². The van der Waals surface area contributed by atoms with Crippen LogP contribution in [0.15, 0.2) is 133 Å². The molecule has 178 valence electrons. The Kier molecular flexibility index (Phi) is 4.64. The van der Waals surface area contributed by atoms with Crippen molar-refractivity contribution < 1.29 is 0 Å². The first-order valence-electron chi connectivity index (χ1n) is 12.9. The number of hydrogen-bond acceptors (Lipinski definition) is 0. The van der Waals surface area contributed by atoms with Crippen molar-refractivity contribution in [3.63, 3.8) is 0 Å². The monoisotopic (exact) mass is 503 g/mol. The van der Waals surface area contributed by atoms with Gasteiger partial charge in [0.25, 0.3) is 0 Å². The van der Waals surface area contributed by atoms with Gasteiger partial charge in [-0.1, -0.05) is 121 Å². The summed E-state index contributed by atoms with van der Waals surface area (Å²) in [7, 11) is 0. The van der Waals surface area contributed by atoms with Crippen molar-refractivity contribution in [1.82, 2.24) is 4.57 Å². The van der Waals surface area contributed by atoms with Crippen LogP contribution in [0, 0.1) is 0 Å². The zero-order chi connectivity index (χ0) is 25.2. The van der Waals surface area contributed by atoms with Crippen LogP contribution < -0.4 is 0 Å². The fourth-order valence-corrected chi connectivity index (χ4v) is 6.46. The summed E-state index contributed by atoms with van der Waals surface area (Å²) in [6, 6.07) is 47.8. The molecule has 8 rings (SSSR count). The van der Waals surface area contributed by atoms with Gasteiger partial charge in [0.15, 0.2) is 0 Å². The molecule has 1 aromatic heterocycles. The van der Waals surface area contributed by atoms with Crippen LogP contribution in [0.25, 0.3) is 70.9 Å². The van der Waals surface area contributed by atoms with Crippen molar-refractivity contribution in [3.05, 3.63) is 138 Å². The van der Waals surface area contributed by atoms with Gasteiger partial charge < -0.3 is 4.57 Å². The number of fused-ring (bicyclic) bond motifs is 7. The average Bonchev–Trinajstić information content (AvgIpc) is 3.31. The SMILES string of the molecule is Clc1cc(-n2c3ccccc3c3c4c(-c5cccc6ccccc56)cccc4ccc32)cc2ccccc12. The van der Waals surface area contributed by atoms with E-state index in [0.717, 1.165) is 21.5 Å². The predicted octanol–water partition coefficient (Wildman–Crippen LogP) is 10.6. The number of para-hydroxylation sites is 1. The van der Waals surface area contributed by atoms with E-state index < -0.39 is 0 Å². The minimum Gasteiger partial charge on any atom is -0.309 e. The van der Waals surface area contributed by atoms with Crippen LogP contribution in [0.4, 0.5) is 0 Å². The van der Waals surface area contributed by atoms with Crippen LogP contribution in [0.3, 0.4) is 0 Å². The van der Waals surface area contributed by atoms with E-state index in [4.69, 9.17) is 11.6 Å². The van der Waals surface area contributed by atoms with Crippen molar-refractivity contribution in [3.8, 4) is 16.8 Å². The van der Waals surface area contributed by atoms with Gasteiger partial charge in [0.1, 0.15) is 0 Å². The van der Waals surface area contributed by atoms with E-state index in [1.807, 2.05) is 6.07 Å². The normalized spacial score (nSPS) is 11.8. The molecule has 0 spiro atoms. The highest BCUT2D eigenvalue weighted by Crippen LogP contribution is 2.43. The Hall–Kier alpha value is -4.59. The van der Waals surface area contributed by atoms with Crippen molar-refractivity contribution >= 4 is 65.7 Å². The second-order valence-electron chi connectivity index (χ2n) is 9.89. The third kappa shape index (κ3) is 3.06. The molecule has 8 aromatic rings. The second kappa shape index (κ2) is 8.21. The molecule has 0 fully saturated rings. The summed E-state index contributed by atoms with van der Waals surface area (Å²) in [5, 5.41) is 10.5. The lowest BCUT2D eigenvalue weighted by atomic mass is 9.92. The zero-order valence-electron chi connectivity index (χ0n) is 20.5. The fraction of sp³-hybridized carbons (Fsp3) is 0. The molecule has 0 aliphatic heterocycles. The van der Waals surface area contributed by atoms with E-state index >= 15 is 0 Å². The van der Waals surface area contributed by atoms with E-state index in [-0.39, 0.29) is 0 Å². The molecule has 0 saturated heterocycles. The third-order valence-electron chi connectivity index (χ3n) is 7.81. The Morgan fingerprint density at radius 1 is 0.421 bits per heavy atom. The number of nitrogens with zero attached hydrogens (tertiary/aromatic N) is 1. The number of benzene rings is 7. The molecule has 0 bridgehead atoms. The molecule has 0 atom stereocenters. The van der Waals surface area contributed by atoms with Crippen molar-refractivity contribution in [2.75, 3.05) is 0 Å². The predicted molar refractivity (Wildman–Crippen MR) is 164 cm³/mol. The van der Waals surface area contributed by atoms with E-state index in [9.17, 15) is 0 Å². The highest BCUT2D eigenvalue weighted by molar-refractivity contribution is 6.36. The van der Waals surface area contributed by atoms with Crippen LogP contribution in [0.2, 0.25) is 5.02 Å². The van der Waals surface area contributed by atoms with Crippen LogP contribution in [-0.2, 0) is 0 Å². The molecule has 1 nitrogen and oxygen atoms in total. The van der Waals surface area contributed by atoms with Gasteiger partial charge in [-0.25, -0.2) is 0 Å². The van der Waals surface area contributed by atoms with Gasteiger partial charge >= 0.3 is 0 Å². The molecule has 0 saturated carbocycles. The van der Waals surface area contributed by atoms with Crippen LogP contribution in [0.5, 0.6) is 0 Å². The lowest BCUT2D eigenvalue weighted by Crippen LogP contribution is -1.94. The number of rotatable bonds is 2. The molecule has 1 heterocycles. The standard InChI is InChI=1S/C36H22ClN/c37-32-22-26(21-25-10-2-4-14-28(25)32)38-33-18-6-5-15-31(33)36-34(38)20-19-24-12-8-17-30(35(24)36)29-16-7-11-23-9-1-3-13-27(23)29/h1-22H. The molecule has 0 unspecified atom stereocenters. The van der Waals surface area contributed by atoms with Gasteiger partial charge in [-0.05, 0) is 62.3 Å². The van der Waals surface area contributed by atoms with Crippen LogP contribution in [0.1, 0.15) is 0 Å². The van der Waals surface area contributed by atoms with Gasteiger partial charge in [0, 0.05) is 21.8 Å². The largest absolute Gasteiger partial charge is 0.309 e. The maximum atomic E-state index is 6.82. The molecule has 2 heteroatoms. The minimum absolute atomic E-state index is 0.765. The van der Waals surface area contributed by atoms with Gasteiger partial charge in [-0.15, -0.1) is 0 Å². The molecule has 0 aliphatic rings. The van der Waals surface area contributed by atoms with Gasteiger partial charge in [-0.2, -0.15) is 0 Å². The summed E-state index contributed by atoms with van der Waals surface area (Å²) in [4.78, 5) is 0. The lowest BCUT2D eigenvalue weighted by Gasteiger charge is -2.13. The summed E-state index contributed by atoms with van der Waals surface area (Å²) in [6.45, 7) is 0. The fourth-order valence-electron chi connectivity index (χ4n) is 6.18. The minimum atomic E-state index is 0.765. The Morgan fingerprint density at radius 3 is 1.95 bits per heavy atom. The topological polar surface area (TPSA) is 4.93 Å². The maximum Gasteiger partial charge on any atom is 0.0547 e. The first-order valence-corrected chi connectivity index (χ1v) is 13.3. The first-order chi connectivity index (χ1) is 18.8. The molecular formula is C36H22ClN. The average molecular weight is 504 g/mol. The lowest BCUT2D eigenvalue weighted by molar-refractivity contribution is 1.19. The zero-order valence-corrected chi connectivity index (χ0v) is 21.3. The molecule has 38 heavy (non-hydrogen) atoms. The second-order valence-corrected chi connectivity index (χ2v) is 10.3. The summed E-state index contributed by atoms with van der Waals surface area (Å²) in [5.74, 6) is 0. The van der Waals surface area contributed by atoms with E-state index in [2.05, 4.69) is 132 Å². The van der Waals surface area contributed by atoms with Crippen molar-refractivity contribution in [1.29, 1.82) is 0 Å². The van der Waals surface area contributed by atoms with Gasteiger partial charge in [-0.3, -0.25) is 0 Å². The number of aromatic nitrogens is 1. The van der Waals surface area contributed by atoms with Crippen LogP contribution in [-0.4, -0.2) is 4.57 Å².